The molecule has 3 aromatic heterocycles. The molecule has 7 nitrogen and oxygen atoms in total. The number of furan rings is 1. The van der Waals surface area contributed by atoms with Gasteiger partial charge in [-0.3, -0.25) is 9.69 Å². The number of amides is 1. The average Bonchev–Trinajstić information content (AvgIpc) is 3.39. The van der Waals surface area contributed by atoms with Crippen LogP contribution in [0.3, 0.4) is 0 Å². The number of fused-ring (bicyclic) bond motifs is 1. The highest BCUT2D eigenvalue weighted by Gasteiger charge is 2.32. The van der Waals surface area contributed by atoms with Gasteiger partial charge in [0, 0.05) is 31.4 Å². The highest BCUT2D eigenvalue weighted by molar-refractivity contribution is 5.95. The van der Waals surface area contributed by atoms with Crippen LogP contribution in [0.4, 0.5) is 4.39 Å². The van der Waals surface area contributed by atoms with Crippen molar-refractivity contribution >= 4 is 11.4 Å². The third kappa shape index (κ3) is 3.48. The molecule has 5 rings (SSSR count). The predicted octanol–water partition coefficient (Wildman–Crippen LogP) is 3.57. The fourth-order valence-electron chi connectivity index (χ4n) is 4.12. The van der Waals surface area contributed by atoms with Crippen molar-refractivity contribution < 1.29 is 13.6 Å². The second kappa shape index (κ2) is 7.63. The van der Waals surface area contributed by atoms with Crippen molar-refractivity contribution in [3.8, 4) is 11.1 Å². The van der Waals surface area contributed by atoms with Gasteiger partial charge in [-0.15, -0.1) is 5.10 Å². The normalized spacial score (nSPS) is 17.4. The van der Waals surface area contributed by atoms with E-state index in [1.807, 2.05) is 36.3 Å². The lowest BCUT2D eigenvalue weighted by Crippen LogP contribution is -2.49. The number of carbonyl (C=O) groups is 1. The van der Waals surface area contributed by atoms with Crippen molar-refractivity contribution in [3.05, 3.63) is 77.8 Å². The first-order chi connectivity index (χ1) is 15.0. The maximum absolute atomic E-state index is 13.6. The smallest absolute Gasteiger partial charge is 0.257 e. The Kier molecular flexibility index (Phi) is 4.78. The molecule has 1 aliphatic heterocycles. The van der Waals surface area contributed by atoms with Gasteiger partial charge in [-0.05, 0) is 43.8 Å². The van der Waals surface area contributed by atoms with E-state index in [0.29, 0.717) is 24.4 Å². The van der Waals surface area contributed by atoms with E-state index in [4.69, 9.17) is 4.42 Å². The van der Waals surface area contributed by atoms with Crippen LogP contribution in [0.25, 0.3) is 16.6 Å². The van der Waals surface area contributed by atoms with Crippen molar-refractivity contribution in [1.82, 2.24) is 24.6 Å². The van der Waals surface area contributed by atoms with E-state index in [9.17, 15) is 9.18 Å². The summed E-state index contributed by atoms with van der Waals surface area (Å²) < 4.78 is 20.6. The molecule has 4 heterocycles. The molecule has 0 saturated carbocycles. The monoisotopic (exact) mass is 419 g/mol. The maximum Gasteiger partial charge on any atom is 0.257 e. The SMILES string of the molecule is Cc1occc1C(=O)N1CCN(C)C(c2nnn3cc(-c4cccc(F)c4)ccc23)C1. The Morgan fingerprint density at radius 2 is 2.03 bits per heavy atom. The first-order valence-corrected chi connectivity index (χ1v) is 10.2. The molecule has 158 valence electrons. The van der Waals surface area contributed by atoms with Gasteiger partial charge in [-0.25, -0.2) is 8.91 Å². The number of hydrogen-bond acceptors (Lipinski definition) is 5. The van der Waals surface area contributed by atoms with Gasteiger partial charge in [0.1, 0.15) is 17.3 Å². The topological polar surface area (TPSA) is 66.9 Å². The van der Waals surface area contributed by atoms with Crippen LogP contribution in [-0.4, -0.2) is 57.2 Å². The molecule has 0 radical (unpaired) electrons. The van der Waals surface area contributed by atoms with E-state index in [1.165, 1.54) is 12.1 Å². The highest BCUT2D eigenvalue weighted by atomic mass is 19.1. The summed E-state index contributed by atoms with van der Waals surface area (Å²) in [6.45, 7) is 3.68. The standard InChI is InChI=1S/C23H22FN5O2/c1-15-19(8-11-31-15)23(30)28-10-9-27(2)21(14-28)22-20-7-6-17(13-29(20)26-25-22)16-4-3-5-18(24)12-16/h3-8,11-13,21H,9-10,14H2,1-2H3. The Morgan fingerprint density at radius 3 is 2.81 bits per heavy atom. The predicted molar refractivity (Wildman–Crippen MR) is 113 cm³/mol. The minimum Gasteiger partial charge on any atom is -0.469 e. The second-order valence-electron chi connectivity index (χ2n) is 7.87. The Bertz CT molecular complexity index is 1260. The quantitative estimate of drug-likeness (QED) is 0.508. The summed E-state index contributed by atoms with van der Waals surface area (Å²) in [5, 5.41) is 8.74. The number of benzene rings is 1. The van der Waals surface area contributed by atoms with Gasteiger partial charge >= 0.3 is 0 Å². The van der Waals surface area contributed by atoms with Crippen molar-refractivity contribution in [1.29, 1.82) is 0 Å². The summed E-state index contributed by atoms with van der Waals surface area (Å²) in [4.78, 5) is 17.0. The van der Waals surface area contributed by atoms with Crippen LogP contribution in [0.1, 0.15) is 27.9 Å². The number of carbonyl (C=O) groups excluding carboxylic acids is 1. The molecular weight excluding hydrogens is 397 g/mol. The van der Waals surface area contributed by atoms with Crippen LogP contribution in [0, 0.1) is 12.7 Å². The van der Waals surface area contributed by atoms with E-state index in [0.717, 1.165) is 28.9 Å². The van der Waals surface area contributed by atoms with Crippen molar-refractivity contribution in [2.45, 2.75) is 13.0 Å². The van der Waals surface area contributed by atoms with Crippen LogP contribution in [0.15, 0.2) is 59.3 Å². The number of halogens is 1. The van der Waals surface area contributed by atoms with Crippen molar-refractivity contribution in [3.63, 3.8) is 0 Å². The van der Waals surface area contributed by atoms with Gasteiger partial charge in [0.15, 0.2) is 0 Å². The van der Waals surface area contributed by atoms with Crippen molar-refractivity contribution in [2.24, 2.45) is 0 Å². The van der Waals surface area contributed by atoms with Crippen LogP contribution >= 0.6 is 0 Å². The maximum atomic E-state index is 13.6. The van der Waals surface area contributed by atoms with Gasteiger partial charge in [-0.2, -0.15) is 0 Å². The number of pyridine rings is 1. The fraction of sp³-hybridized carbons (Fsp3) is 0.261. The zero-order valence-corrected chi connectivity index (χ0v) is 17.3. The number of rotatable bonds is 3. The summed E-state index contributed by atoms with van der Waals surface area (Å²) in [6.07, 6.45) is 3.39. The molecule has 1 amide bonds. The molecule has 1 unspecified atom stereocenters. The summed E-state index contributed by atoms with van der Waals surface area (Å²) >= 11 is 0. The molecule has 8 heteroatoms. The van der Waals surface area contributed by atoms with Crippen molar-refractivity contribution in [2.75, 3.05) is 26.7 Å². The molecule has 31 heavy (non-hydrogen) atoms. The molecule has 1 saturated heterocycles. The van der Waals surface area contributed by atoms with Gasteiger partial charge in [0.2, 0.25) is 0 Å². The number of nitrogens with zero attached hydrogens (tertiary/aromatic N) is 5. The van der Waals surface area contributed by atoms with E-state index in [2.05, 4.69) is 15.2 Å². The minimum absolute atomic E-state index is 0.0331. The van der Waals surface area contributed by atoms with Crippen LogP contribution < -0.4 is 0 Å². The molecule has 1 fully saturated rings. The zero-order valence-electron chi connectivity index (χ0n) is 17.3. The lowest BCUT2D eigenvalue weighted by atomic mass is 10.0. The third-order valence-electron chi connectivity index (χ3n) is 5.94. The number of aromatic nitrogens is 3. The lowest BCUT2D eigenvalue weighted by Gasteiger charge is -2.38. The van der Waals surface area contributed by atoms with Gasteiger partial charge < -0.3 is 9.32 Å². The first kappa shape index (κ1) is 19.4. The molecule has 0 bridgehead atoms. The minimum atomic E-state index is -0.279. The fourth-order valence-corrected chi connectivity index (χ4v) is 4.12. The van der Waals surface area contributed by atoms with Crippen LogP contribution in [0.2, 0.25) is 0 Å². The van der Waals surface area contributed by atoms with Crippen LogP contribution in [-0.2, 0) is 0 Å². The Labute approximate surface area is 178 Å². The van der Waals surface area contributed by atoms with E-state index in [1.54, 1.807) is 29.8 Å². The molecule has 1 aromatic carbocycles. The number of aryl methyl sites for hydroxylation is 1. The lowest BCUT2D eigenvalue weighted by molar-refractivity contribution is 0.0540. The van der Waals surface area contributed by atoms with E-state index < -0.39 is 0 Å². The Balaban J connectivity index is 1.45. The first-order valence-electron chi connectivity index (χ1n) is 10.2. The summed E-state index contributed by atoms with van der Waals surface area (Å²) in [6, 6.07) is 12.0. The van der Waals surface area contributed by atoms with E-state index in [-0.39, 0.29) is 17.8 Å². The molecular formula is C23H22FN5O2. The summed E-state index contributed by atoms with van der Waals surface area (Å²) in [7, 11) is 2.03. The Morgan fingerprint density at radius 1 is 1.16 bits per heavy atom. The largest absolute Gasteiger partial charge is 0.469 e. The van der Waals surface area contributed by atoms with Gasteiger partial charge in [0.25, 0.3) is 5.91 Å². The number of hydrogen-bond donors (Lipinski definition) is 0. The second-order valence-corrected chi connectivity index (χ2v) is 7.87. The molecule has 0 aliphatic carbocycles. The average molecular weight is 419 g/mol. The molecule has 1 atom stereocenters. The molecule has 1 aliphatic rings. The zero-order chi connectivity index (χ0) is 21.5. The molecule has 0 N–H and O–H groups in total. The van der Waals surface area contributed by atoms with Crippen LogP contribution in [0.5, 0.6) is 0 Å². The summed E-state index contributed by atoms with van der Waals surface area (Å²) in [5.41, 5.74) is 3.91. The highest BCUT2D eigenvalue weighted by Crippen LogP contribution is 2.29. The number of likely N-dealkylation sites (N-methyl/N-ethyl adjacent to an activating group) is 1. The van der Waals surface area contributed by atoms with Gasteiger partial charge in [-0.1, -0.05) is 23.4 Å². The molecule has 0 spiro atoms. The summed E-state index contributed by atoms with van der Waals surface area (Å²) in [5.74, 6) is 0.312. The van der Waals surface area contributed by atoms with Gasteiger partial charge in [0.05, 0.1) is 23.4 Å². The Hall–Kier alpha value is -3.52. The molecule has 4 aromatic rings. The van der Waals surface area contributed by atoms with E-state index >= 15 is 0 Å². The third-order valence-corrected chi connectivity index (χ3v) is 5.94. The number of piperazine rings is 1.